The Labute approximate surface area is 231 Å². The molecular formula is C33H27N7. The summed E-state index contributed by atoms with van der Waals surface area (Å²) in [6, 6.07) is 36.4. The van der Waals surface area contributed by atoms with E-state index >= 15 is 0 Å². The molecule has 0 saturated carbocycles. The molecule has 7 heteroatoms. The van der Waals surface area contributed by atoms with Crippen LogP contribution in [0, 0.1) is 6.92 Å². The third-order valence-electron chi connectivity index (χ3n) is 7.37. The summed E-state index contributed by atoms with van der Waals surface area (Å²) in [4.78, 5) is 10.00. The highest BCUT2D eigenvalue weighted by Gasteiger charge is 2.18. The first-order valence-electron chi connectivity index (χ1n) is 13.1. The largest absolute Gasteiger partial charge is 0.398 e. The van der Waals surface area contributed by atoms with Gasteiger partial charge in [0.1, 0.15) is 11.6 Å². The van der Waals surface area contributed by atoms with E-state index < -0.39 is 0 Å². The van der Waals surface area contributed by atoms with Gasteiger partial charge in [-0.1, -0.05) is 54.6 Å². The van der Waals surface area contributed by atoms with Crippen molar-refractivity contribution in [3.05, 3.63) is 115 Å². The van der Waals surface area contributed by atoms with E-state index in [0.717, 1.165) is 67.5 Å². The lowest BCUT2D eigenvalue weighted by molar-refractivity contribution is 1.10. The summed E-state index contributed by atoms with van der Waals surface area (Å²) in [5, 5.41) is 0. The molecule has 0 radical (unpaired) electrons. The van der Waals surface area contributed by atoms with Crippen LogP contribution in [0.15, 0.2) is 109 Å². The van der Waals surface area contributed by atoms with E-state index in [1.807, 2.05) is 73.7 Å². The van der Waals surface area contributed by atoms with Crippen LogP contribution in [0.2, 0.25) is 0 Å². The molecular weight excluding hydrogens is 494 g/mol. The Morgan fingerprint density at radius 2 is 0.975 bits per heavy atom. The smallest absolute Gasteiger partial charge is 0.145 e. The first kappa shape index (κ1) is 23.5. The predicted molar refractivity (Wildman–Crippen MR) is 165 cm³/mol. The van der Waals surface area contributed by atoms with Crippen molar-refractivity contribution in [2.24, 2.45) is 0 Å². The number of hydrogen-bond acceptors (Lipinski definition) is 5. The third-order valence-corrected chi connectivity index (χ3v) is 7.37. The maximum atomic E-state index is 6.30. The normalized spacial score (nSPS) is 11.4. The molecule has 0 aliphatic rings. The highest BCUT2D eigenvalue weighted by Crippen LogP contribution is 2.34. The van der Waals surface area contributed by atoms with Gasteiger partial charge in [0, 0.05) is 28.2 Å². The van der Waals surface area contributed by atoms with Crippen molar-refractivity contribution in [3.63, 3.8) is 0 Å². The van der Waals surface area contributed by atoms with Gasteiger partial charge in [0.25, 0.3) is 0 Å². The molecule has 40 heavy (non-hydrogen) atoms. The minimum atomic E-state index is 0.534. The fraction of sp³-hybridized carbons (Fsp3) is 0.0303. The summed E-state index contributed by atoms with van der Waals surface area (Å²) >= 11 is 0. The Morgan fingerprint density at radius 3 is 1.48 bits per heavy atom. The van der Waals surface area contributed by atoms with Crippen molar-refractivity contribution in [3.8, 4) is 34.2 Å². The maximum Gasteiger partial charge on any atom is 0.145 e. The molecule has 7 nitrogen and oxygen atoms in total. The lowest BCUT2D eigenvalue weighted by Gasteiger charge is -2.13. The Hall–Kier alpha value is -5.56. The summed E-state index contributed by atoms with van der Waals surface area (Å²) in [5.41, 5.74) is 29.0. The van der Waals surface area contributed by atoms with Crippen LogP contribution in [-0.4, -0.2) is 19.1 Å². The molecule has 0 fully saturated rings. The molecule has 0 bridgehead atoms. The highest BCUT2D eigenvalue weighted by atomic mass is 15.1. The van der Waals surface area contributed by atoms with Gasteiger partial charge >= 0.3 is 0 Å². The SMILES string of the molecule is Cc1ccc(-n2c(-c3ccc(-c4nc5ccccc5n4-c4ccc(N)c(N)c4)cc3)nc3ccccc32)cc1N. The first-order chi connectivity index (χ1) is 19.5. The number of hydrogen-bond donors (Lipinski definition) is 3. The van der Waals surface area contributed by atoms with Gasteiger partial charge in [0.05, 0.1) is 33.4 Å². The van der Waals surface area contributed by atoms with E-state index in [1.54, 1.807) is 0 Å². The van der Waals surface area contributed by atoms with Crippen molar-refractivity contribution in [1.82, 2.24) is 19.1 Å². The number of rotatable bonds is 4. The summed E-state index contributed by atoms with van der Waals surface area (Å²) in [5.74, 6) is 1.66. The van der Waals surface area contributed by atoms with Gasteiger partial charge in [-0.3, -0.25) is 9.13 Å². The van der Waals surface area contributed by atoms with Crippen molar-refractivity contribution < 1.29 is 0 Å². The number of para-hydroxylation sites is 4. The molecule has 0 amide bonds. The average Bonchev–Trinajstić information content (AvgIpc) is 3.55. The Balaban J connectivity index is 1.38. The molecule has 0 unspecified atom stereocenters. The first-order valence-corrected chi connectivity index (χ1v) is 13.1. The van der Waals surface area contributed by atoms with E-state index in [-0.39, 0.29) is 0 Å². The molecule has 2 heterocycles. The maximum absolute atomic E-state index is 6.30. The number of aromatic nitrogens is 4. The van der Waals surface area contributed by atoms with E-state index in [2.05, 4.69) is 51.6 Å². The van der Waals surface area contributed by atoms with Crippen LogP contribution in [-0.2, 0) is 0 Å². The van der Waals surface area contributed by atoms with Gasteiger partial charge in [-0.2, -0.15) is 0 Å². The summed E-state index contributed by atoms with van der Waals surface area (Å²) in [6.07, 6.45) is 0. The van der Waals surface area contributed by atoms with Crippen LogP contribution < -0.4 is 17.2 Å². The van der Waals surface area contributed by atoms with Crippen LogP contribution >= 0.6 is 0 Å². The minimum Gasteiger partial charge on any atom is -0.398 e. The number of nitrogen functional groups attached to an aromatic ring is 3. The molecule has 2 aromatic heterocycles. The zero-order chi connectivity index (χ0) is 27.4. The van der Waals surface area contributed by atoms with E-state index in [0.29, 0.717) is 11.4 Å². The highest BCUT2D eigenvalue weighted by molar-refractivity contribution is 5.86. The molecule has 0 atom stereocenters. The van der Waals surface area contributed by atoms with Gasteiger partial charge < -0.3 is 17.2 Å². The Bertz CT molecular complexity index is 1900. The fourth-order valence-electron chi connectivity index (χ4n) is 5.20. The van der Waals surface area contributed by atoms with Crippen molar-refractivity contribution in [2.75, 3.05) is 17.2 Å². The summed E-state index contributed by atoms with van der Waals surface area (Å²) in [6.45, 7) is 2.01. The quantitative estimate of drug-likeness (QED) is 0.222. The van der Waals surface area contributed by atoms with Gasteiger partial charge in [0.2, 0.25) is 0 Å². The predicted octanol–water partition coefficient (Wildman–Crippen LogP) is 6.75. The van der Waals surface area contributed by atoms with Gasteiger partial charge in [-0.25, -0.2) is 9.97 Å². The third kappa shape index (κ3) is 3.75. The average molecular weight is 522 g/mol. The molecule has 5 aromatic carbocycles. The van der Waals surface area contributed by atoms with E-state index in [9.17, 15) is 0 Å². The van der Waals surface area contributed by atoms with Crippen molar-refractivity contribution in [2.45, 2.75) is 6.92 Å². The topological polar surface area (TPSA) is 114 Å². The van der Waals surface area contributed by atoms with Crippen molar-refractivity contribution >= 4 is 39.1 Å². The Kier molecular flexibility index (Phi) is 5.31. The van der Waals surface area contributed by atoms with Crippen LogP contribution in [0.4, 0.5) is 17.1 Å². The number of imidazole rings is 2. The summed E-state index contributed by atoms with van der Waals surface area (Å²) < 4.78 is 4.27. The van der Waals surface area contributed by atoms with Crippen LogP contribution in [0.1, 0.15) is 5.56 Å². The second kappa shape index (κ2) is 9.03. The number of nitrogens with two attached hydrogens (primary N) is 3. The molecule has 194 valence electrons. The molecule has 7 rings (SSSR count). The number of nitrogens with zero attached hydrogens (tertiary/aromatic N) is 4. The molecule has 0 spiro atoms. The molecule has 0 saturated heterocycles. The number of fused-ring (bicyclic) bond motifs is 2. The molecule has 6 N–H and O–H groups in total. The number of aryl methyl sites for hydroxylation is 1. The minimum absolute atomic E-state index is 0.534. The Morgan fingerprint density at radius 1 is 0.500 bits per heavy atom. The van der Waals surface area contributed by atoms with Gasteiger partial charge in [-0.15, -0.1) is 0 Å². The van der Waals surface area contributed by atoms with Crippen molar-refractivity contribution in [1.29, 1.82) is 0 Å². The standard InChI is InChI=1S/C33H27N7/c1-20-10-15-23(18-26(20)35)39-30-8-4-2-6-28(30)37-32(39)21-11-13-22(14-12-21)33-38-29-7-3-5-9-31(29)40(33)24-16-17-25(34)27(36)19-24/h2-19H,34-36H2,1H3. The zero-order valence-corrected chi connectivity index (χ0v) is 21.9. The molecule has 7 aromatic rings. The molecule has 0 aliphatic heterocycles. The van der Waals surface area contributed by atoms with Gasteiger partial charge in [-0.05, 0) is 67.1 Å². The monoisotopic (exact) mass is 521 g/mol. The summed E-state index contributed by atoms with van der Waals surface area (Å²) in [7, 11) is 0. The lowest BCUT2D eigenvalue weighted by atomic mass is 10.1. The number of anilines is 3. The van der Waals surface area contributed by atoms with E-state index in [4.69, 9.17) is 27.2 Å². The second-order valence-corrected chi connectivity index (χ2v) is 9.95. The van der Waals surface area contributed by atoms with Crippen LogP contribution in [0.3, 0.4) is 0 Å². The molecule has 0 aliphatic carbocycles. The number of benzene rings is 5. The fourth-order valence-corrected chi connectivity index (χ4v) is 5.20. The zero-order valence-electron chi connectivity index (χ0n) is 21.9. The van der Waals surface area contributed by atoms with Gasteiger partial charge in [0.15, 0.2) is 0 Å². The second-order valence-electron chi connectivity index (χ2n) is 9.95. The van der Waals surface area contributed by atoms with E-state index in [1.165, 1.54) is 0 Å². The lowest BCUT2D eigenvalue weighted by Crippen LogP contribution is -2.01. The van der Waals surface area contributed by atoms with Crippen LogP contribution in [0.5, 0.6) is 0 Å². The van der Waals surface area contributed by atoms with Crippen LogP contribution in [0.25, 0.3) is 56.2 Å².